The number of benzene rings is 3. The quantitative estimate of drug-likeness (QED) is 0.625. The summed E-state index contributed by atoms with van der Waals surface area (Å²) in [7, 11) is 1.59. The molecule has 0 bridgehead atoms. The molecule has 1 aliphatic heterocycles. The third-order valence-electron chi connectivity index (χ3n) is 4.40. The van der Waals surface area contributed by atoms with Crippen LogP contribution in [0.25, 0.3) is 6.08 Å². The Labute approximate surface area is 162 Å². The Hall–Kier alpha value is -3.73. The summed E-state index contributed by atoms with van der Waals surface area (Å²) in [6.45, 7) is 0. The Morgan fingerprint density at radius 3 is 2.25 bits per heavy atom. The van der Waals surface area contributed by atoms with Gasteiger partial charge in [-0.25, -0.2) is 9.38 Å². The molecule has 0 radical (unpaired) electrons. The van der Waals surface area contributed by atoms with Gasteiger partial charge < -0.3 is 4.74 Å². The van der Waals surface area contributed by atoms with Gasteiger partial charge >= 0.3 is 0 Å². The zero-order chi connectivity index (χ0) is 19.5. The first-order valence-corrected chi connectivity index (χ1v) is 8.75. The van der Waals surface area contributed by atoms with E-state index in [0.29, 0.717) is 28.5 Å². The van der Waals surface area contributed by atoms with Crippen LogP contribution < -0.4 is 9.64 Å². The van der Waals surface area contributed by atoms with Crippen molar-refractivity contribution in [3.8, 4) is 5.75 Å². The maximum absolute atomic E-state index is 13.4. The van der Waals surface area contributed by atoms with Crippen molar-refractivity contribution in [3.05, 3.63) is 102 Å². The van der Waals surface area contributed by atoms with Crippen LogP contribution in [-0.4, -0.2) is 18.9 Å². The first kappa shape index (κ1) is 17.7. The number of methoxy groups -OCH3 is 1. The van der Waals surface area contributed by atoms with Crippen LogP contribution >= 0.6 is 0 Å². The van der Waals surface area contributed by atoms with E-state index in [0.717, 1.165) is 5.56 Å². The van der Waals surface area contributed by atoms with Gasteiger partial charge in [-0.15, -0.1) is 0 Å². The fourth-order valence-electron chi connectivity index (χ4n) is 2.99. The van der Waals surface area contributed by atoms with Gasteiger partial charge in [0, 0.05) is 5.56 Å². The second-order valence-corrected chi connectivity index (χ2v) is 6.22. The molecule has 4 rings (SSSR count). The lowest BCUT2D eigenvalue weighted by Crippen LogP contribution is -2.32. The number of amides is 1. The Morgan fingerprint density at radius 1 is 0.929 bits per heavy atom. The number of rotatable bonds is 4. The van der Waals surface area contributed by atoms with Crippen LogP contribution in [-0.2, 0) is 4.79 Å². The van der Waals surface area contributed by atoms with Gasteiger partial charge in [-0.1, -0.05) is 30.3 Å². The molecule has 0 fully saturated rings. The van der Waals surface area contributed by atoms with Crippen molar-refractivity contribution in [3.63, 3.8) is 0 Å². The van der Waals surface area contributed by atoms with Gasteiger partial charge in [-0.3, -0.25) is 9.69 Å². The van der Waals surface area contributed by atoms with E-state index in [9.17, 15) is 9.18 Å². The number of anilines is 1. The Balaban J connectivity index is 1.80. The summed E-state index contributed by atoms with van der Waals surface area (Å²) >= 11 is 0. The van der Waals surface area contributed by atoms with Gasteiger partial charge in [0.15, 0.2) is 0 Å². The van der Waals surface area contributed by atoms with Gasteiger partial charge in [0.1, 0.15) is 23.1 Å². The summed E-state index contributed by atoms with van der Waals surface area (Å²) in [5.41, 5.74) is 2.51. The molecule has 0 N–H and O–H groups in total. The van der Waals surface area contributed by atoms with Crippen molar-refractivity contribution in [1.29, 1.82) is 0 Å². The molecule has 138 valence electrons. The van der Waals surface area contributed by atoms with Crippen LogP contribution in [0.3, 0.4) is 0 Å². The maximum atomic E-state index is 13.4. The molecule has 3 aromatic carbocycles. The number of carbonyl (C=O) groups is 1. The molecule has 0 unspecified atom stereocenters. The third kappa shape index (κ3) is 3.42. The van der Waals surface area contributed by atoms with Crippen LogP contribution in [0.15, 0.2) is 89.6 Å². The normalized spacial score (nSPS) is 15.1. The van der Waals surface area contributed by atoms with Gasteiger partial charge in [-0.2, -0.15) is 0 Å². The summed E-state index contributed by atoms with van der Waals surface area (Å²) in [6, 6.07) is 22.6. The molecular weight excluding hydrogens is 355 g/mol. The molecule has 0 atom stereocenters. The SMILES string of the molecule is COc1ccc(N2C(=O)/C(=C\c3ccccc3)N=C2c2ccc(F)cc2)cc1. The highest BCUT2D eigenvalue weighted by molar-refractivity contribution is 6.33. The number of aliphatic imine (C=N–C) groups is 1. The van der Waals surface area contributed by atoms with Crippen LogP contribution in [0.2, 0.25) is 0 Å². The first-order chi connectivity index (χ1) is 13.7. The molecule has 0 aromatic heterocycles. The third-order valence-corrected chi connectivity index (χ3v) is 4.40. The molecule has 0 saturated heterocycles. The minimum atomic E-state index is -0.343. The Kier molecular flexibility index (Phi) is 4.72. The summed E-state index contributed by atoms with van der Waals surface area (Å²) in [5.74, 6) is 0.561. The standard InChI is InChI=1S/C23H17FN2O2/c1-28-20-13-11-19(12-14-20)26-22(17-7-9-18(24)10-8-17)25-21(23(26)27)15-16-5-3-2-4-6-16/h2-15H,1H3/b21-15+. The van der Waals surface area contributed by atoms with E-state index in [1.807, 2.05) is 30.3 Å². The van der Waals surface area contributed by atoms with Crippen LogP contribution in [0.4, 0.5) is 10.1 Å². The summed E-state index contributed by atoms with van der Waals surface area (Å²) in [6.07, 6.45) is 1.75. The lowest BCUT2D eigenvalue weighted by molar-refractivity contribution is -0.113. The van der Waals surface area contributed by atoms with Crippen molar-refractivity contribution < 1.29 is 13.9 Å². The van der Waals surface area contributed by atoms with Crippen molar-refractivity contribution in [2.24, 2.45) is 4.99 Å². The molecular formula is C23H17FN2O2. The molecule has 5 heteroatoms. The number of nitrogens with zero attached hydrogens (tertiary/aromatic N) is 2. The lowest BCUT2D eigenvalue weighted by Gasteiger charge is -2.18. The van der Waals surface area contributed by atoms with E-state index in [4.69, 9.17) is 4.74 Å². The zero-order valence-corrected chi connectivity index (χ0v) is 15.2. The van der Waals surface area contributed by atoms with Crippen molar-refractivity contribution in [2.75, 3.05) is 12.0 Å². The minimum absolute atomic E-state index is 0.242. The van der Waals surface area contributed by atoms with Crippen LogP contribution in [0.5, 0.6) is 5.75 Å². The number of hydrogen-bond donors (Lipinski definition) is 0. The smallest absolute Gasteiger partial charge is 0.282 e. The topological polar surface area (TPSA) is 41.9 Å². The minimum Gasteiger partial charge on any atom is -0.497 e. The largest absolute Gasteiger partial charge is 0.497 e. The van der Waals surface area contributed by atoms with Gasteiger partial charge in [-0.05, 0) is 60.2 Å². The fourth-order valence-corrected chi connectivity index (χ4v) is 2.99. The van der Waals surface area contributed by atoms with E-state index in [-0.39, 0.29) is 11.7 Å². The lowest BCUT2D eigenvalue weighted by atomic mass is 10.1. The summed E-state index contributed by atoms with van der Waals surface area (Å²) < 4.78 is 18.6. The average Bonchev–Trinajstić information content (AvgIpc) is 3.05. The number of amidine groups is 1. The number of hydrogen-bond acceptors (Lipinski definition) is 3. The second kappa shape index (κ2) is 7.48. The fraction of sp³-hybridized carbons (Fsp3) is 0.0435. The maximum Gasteiger partial charge on any atom is 0.282 e. The molecule has 0 spiro atoms. The molecule has 0 aliphatic carbocycles. The van der Waals surface area contributed by atoms with Gasteiger partial charge in [0.05, 0.1) is 12.8 Å². The molecule has 4 nitrogen and oxygen atoms in total. The Morgan fingerprint density at radius 2 is 1.61 bits per heavy atom. The van der Waals surface area contributed by atoms with E-state index >= 15 is 0 Å². The average molecular weight is 372 g/mol. The number of carbonyl (C=O) groups excluding carboxylic acids is 1. The molecule has 3 aromatic rings. The molecule has 1 amide bonds. The Bertz CT molecular complexity index is 1060. The highest BCUT2D eigenvalue weighted by Crippen LogP contribution is 2.29. The van der Waals surface area contributed by atoms with E-state index in [1.54, 1.807) is 49.6 Å². The first-order valence-electron chi connectivity index (χ1n) is 8.75. The zero-order valence-electron chi connectivity index (χ0n) is 15.2. The van der Waals surface area contributed by atoms with Gasteiger partial charge in [0.25, 0.3) is 5.91 Å². The highest BCUT2D eigenvalue weighted by Gasteiger charge is 2.32. The van der Waals surface area contributed by atoms with Crippen molar-refractivity contribution in [1.82, 2.24) is 0 Å². The van der Waals surface area contributed by atoms with E-state index in [2.05, 4.69) is 4.99 Å². The predicted octanol–water partition coefficient (Wildman–Crippen LogP) is 4.67. The molecule has 1 heterocycles. The highest BCUT2D eigenvalue weighted by atomic mass is 19.1. The van der Waals surface area contributed by atoms with Crippen molar-refractivity contribution in [2.45, 2.75) is 0 Å². The van der Waals surface area contributed by atoms with Crippen LogP contribution in [0.1, 0.15) is 11.1 Å². The second-order valence-electron chi connectivity index (χ2n) is 6.22. The molecule has 0 saturated carbocycles. The van der Waals surface area contributed by atoms with Crippen molar-refractivity contribution >= 4 is 23.5 Å². The van der Waals surface area contributed by atoms with E-state index in [1.165, 1.54) is 17.0 Å². The monoisotopic (exact) mass is 372 g/mol. The number of halogens is 1. The van der Waals surface area contributed by atoms with Gasteiger partial charge in [0.2, 0.25) is 0 Å². The molecule has 28 heavy (non-hydrogen) atoms. The van der Waals surface area contributed by atoms with Crippen LogP contribution in [0, 0.1) is 5.82 Å². The summed E-state index contributed by atoms with van der Waals surface area (Å²) in [5, 5.41) is 0. The predicted molar refractivity (Wildman–Crippen MR) is 108 cm³/mol. The number of ether oxygens (including phenoxy) is 1. The van der Waals surface area contributed by atoms with E-state index < -0.39 is 0 Å². The summed E-state index contributed by atoms with van der Waals surface area (Å²) in [4.78, 5) is 19.2. The molecule has 1 aliphatic rings.